The SMILES string of the molecule is CC(C)NCC(=O)N(C)CC1COc2ccccc2O1. The first kappa shape index (κ1) is 14.7. The molecule has 0 fully saturated rings. The van der Waals surface area contributed by atoms with E-state index in [1.54, 1.807) is 11.9 Å². The normalized spacial score (nSPS) is 17.1. The zero-order valence-electron chi connectivity index (χ0n) is 12.3. The molecule has 1 aliphatic rings. The number of carbonyl (C=O) groups is 1. The summed E-state index contributed by atoms with van der Waals surface area (Å²) in [6.07, 6.45) is -0.127. The molecule has 1 unspecified atom stereocenters. The monoisotopic (exact) mass is 278 g/mol. The van der Waals surface area contributed by atoms with E-state index in [0.717, 1.165) is 11.5 Å². The van der Waals surface area contributed by atoms with Crippen molar-refractivity contribution >= 4 is 5.91 Å². The highest BCUT2D eigenvalue weighted by Gasteiger charge is 2.23. The van der Waals surface area contributed by atoms with Crippen molar-refractivity contribution in [3.05, 3.63) is 24.3 Å². The highest BCUT2D eigenvalue weighted by Crippen LogP contribution is 2.30. The minimum absolute atomic E-state index is 0.0566. The van der Waals surface area contributed by atoms with Crippen molar-refractivity contribution in [3.8, 4) is 11.5 Å². The maximum Gasteiger partial charge on any atom is 0.236 e. The largest absolute Gasteiger partial charge is 0.486 e. The summed E-state index contributed by atoms with van der Waals surface area (Å²) in [7, 11) is 1.79. The molecule has 1 amide bonds. The molecule has 0 bridgehead atoms. The minimum atomic E-state index is -0.127. The number of hydrogen-bond donors (Lipinski definition) is 1. The molecule has 1 N–H and O–H groups in total. The lowest BCUT2D eigenvalue weighted by Crippen LogP contribution is -2.45. The van der Waals surface area contributed by atoms with E-state index in [-0.39, 0.29) is 12.0 Å². The molecule has 1 heterocycles. The Morgan fingerprint density at radius 3 is 2.80 bits per heavy atom. The molecule has 110 valence electrons. The molecule has 1 aliphatic heterocycles. The van der Waals surface area contributed by atoms with E-state index in [1.165, 1.54) is 0 Å². The van der Waals surface area contributed by atoms with Crippen LogP contribution in [0.5, 0.6) is 11.5 Å². The Labute approximate surface area is 119 Å². The molecule has 5 heteroatoms. The molecule has 0 aromatic heterocycles. The van der Waals surface area contributed by atoms with Gasteiger partial charge in [0.15, 0.2) is 17.6 Å². The maximum atomic E-state index is 11.9. The van der Waals surface area contributed by atoms with Gasteiger partial charge in [0.2, 0.25) is 5.91 Å². The fourth-order valence-corrected chi connectivity index (χ4v) is 1.99. The zero-order chi connectivity index (χ0) is 14.5. The van der Waals surface area contributed by atoms with Crippen molar-refractivity contribution in [1.29, 1.82) is 0 Å². The van der Waals surface area contributed by atoms with Gasteiger partial charge in [0.05, 0.1) is 13.1 Å². The van der Waals surface area contributed by atoms with Gasteiger partial charge < -0.3 is 19.7 Å². The predicted octanol–water partition coefficient (Wildman–Crippen LogP) is 1.28. The molecule has 0 saturated heterocycles. The van der Waals surface area contributed by atoms with Gasteiger partial charge in [-0.1, -0.05) is 26.0 Å². The summed E-state index contributed by atoms with van der Waals surface area (Å²) in [6.45, 7) is 5.36. The Hall–Kier alpha value is -1.75. The topological polar surface area (TPSA) is 50.8 Å². The molecule has 20 heavy (non-hydrogen) atoms. The third kappa shape index (κ3) is 3.87. The van der Waals surface area contributed by atoms with Crippen LogP contribution in [0.2, 0.25) is 0 Å². The van der Waals surface area contributed by atoms with Crippen LogP contribution in [0.3, 0.4) is 0 Å². The van der Waals surface area contributed by atoms with Crippen LogP contribution in [0.4, 0.5) is 0 Å². The number of amides is 1. The summed E-state index contributed by atoms with van der Waals surface area (Å²) >= 11 is 0. The number of fused-ring (bicyclic) bond motifs is 1. The lowest BCUT2D eigenvalue weighted by Gasteiger charge is -2.29. The summed E-state index contributed by atoms with van der Waals surface area (Å²) in [5, 5.41) is 3.12. The van der Waals surface area contributed by atoms with E-state index in [1.807, 2.05) is 38.1 Å². The van der Waals surface area contributed by atoms with Crippen molar-refractivity contribution in [2.75, 3.05) is 26.7 Å². The highest BCUT2D eigenvalue weighted by molar-refractivity contribution is 5.78. The summed E-state index contributed by atoms with van der Waals surface area (Å²) < 4.78 is 11.5. The van der Waals surface area contributed by atoms with E-state index in [0.29, 0.717) is 25.7 Å². The number of ether oxygens (including phenoxy) is 2. The van der Waals surface area contributed by atoms with Crippen LogP contribution < -0.4 is 14.8 Å². The Morgan fingerprint density at radius 2 is 2.10 bits per heavy atom. The predicted molar refractivity (Wildman–Crippen MR) is 77.1 cm³/mol. The standard InChI is InChI=1S/C15H22N2O3/c1-11(2)16-8-15(18)17(3)9-12-10-19-13-6-4-5-7-14(13)20-12/h4-7,11-12,16H,8-10H2,1-3H3. The third-order valence-electron chi connectivity index (χ3n) is 3.13. The molecule has 0 radical (unpaired) electrons. The summed E-state index contributed by atoms with van der Waals surface area (Å²) in [5.74, 6) is 1.56. The van der Waals surface area contributed by atoms with Crippen molar-refractivity contribution < 1.29 is 14.3 Å². The van der Waals surface area contributed by atoms with Gasteiger partial charge in [-0.2, -0.15) is 0 Å². The second-order valence-corrected chi connectivity index (χ2v) is 5.31. The Bertz CT molecular complexity index is 462. The van der Waals surface area contributed by atoms with E-state index < -0.39 is 0 Å². The molecule has 1 aromatic rings. The van der Waals surface area contributed by atoms with Crippen LogP contribution in [0, 0.1) is 0 Å². The Morgan fingerprint density at radius 1 is 1.40 bits per heavy atom. The number of likely N-dealkylation sites (N-methyl/N-ethyl adjacent to an activating group) is 1. The van der Waals surface area contributed by atoms with Gasteiger partial charge in [-0.25, -0.2) is 0 Å². The first-order chi connectivity index (χ1) is 9.56. The fourth-order valence-electron chi connectivity index (χ4n) is 1.99. The van der Waals surface area contributed by atoms with E-state index >= 15 is 0 Å². The highest BCUT2D eigenvalue weighted by atomic mass is 16.6. The number of nitrogens with one attached hydrogen (secondary N) is 1. The first-order valence-corrected chi connectivity index (χ1v) is 6.92. The second-order valence-electron chi connectivity index (χ2n) is 5.31. The second kappa shape index (κ2) is 6.61. The van der Waals surface area contributed by atoms with Gasteiger partial charge in [0.1, 0.15) is 6.61 Å². The van der Waals surface area contributed by atoms with Gasteiger partial charge in [-0.15, -0.1) is 0 Å². The minimum Gasteiger partial charge on any atom is -0.486 e. The number of hydrogen-bond acceptors (Lipinski definition) is 4. The average Bonchev–Trinajstić information content (AvgIpc) is 2.44. The van der Waals surface area contributed by atoms with Crippen molar-refractivity contribution in [3.63, 3.8) is 0 Å². The van der Waals surface area contributed by atoms with Crippen LogP contribution >= 0.6 is 0 Å². The van der Waals surface area contributed by atoms with Crippen LogP contribution in [-0.4, -0.2) is 49.7 Å². The summed E-state index contributed by atoms with van der Waals surface area (Å²) in [5.41, 5.74) is 0. The molecular weight excluding hydrogens is 256 g/mol. The van der Waals surface area contributed by atoms with Gasteiger partial charge >= 0.3 is 0 Å². The fraction of sp³-hybridized carbons (Fsp3) is 0.533. The van der Waals surface area contributed by atoms with Gasteiger partial charge in [0, 0.05) is 13.1 Å². The Balaban J connectivity index is 1.84. The first-order valence-electron chi connectivity index (χ1n) is 6.92. The van der Waals surface area contributed by atoms with Crippen LogP contribution in [0.15, 0.2) is 24.3 Å². The quantitative estimate of drug-likeness (QED) is 0.881. The average molecular weight is 278 g/mol. The van der Waals surface area contributed by atoms with Crippen molar-refractivity contribution in [2.45, 2.75) is 26.0 Å². The van der Waals surface area contributed by atoms with Crippen LogP contribution in [-0.2, 0) is 4.79 Å². The number of rotatable bonds is 5. The molecule has 2 rings (SSSR count). The third-order valence-corrected chi connectivity index (χ3v) is 3.13. The van der Waals surface area contributed by atoms with Crippen LogP contribution in [0.1, 0.15) is 13.8 Å². The molecule has 1 atom stereocenters. The number of benzene rings is 1. The van der Waals surface area contributed by atoms with E-state index in [9.17, 15) is 4.79 Å². The van der Waals surface area contributed by atoms with Gasteiger partial charge in [-0.3, -0.25) is 4.79 Å². The van der Waals surface area contributed by atoms with Crippen molar-refractivity contribution in [2.24, 2.45) is 0 Å². The lowest BCUT2D eigenvalue weighted by atomic mass is 10.2. The molecule has 0 spiro atoms. The summed E-state index contributed by atoms with van der Waals surface area (Å²) in [4.78, 5) is 13.6. The molecule has 0 aliphatic carbocycles. The molecule has 5 nitrogen and oxygen atoms in total. The summed E-state index contributed by atoms with van der Waals surface area (Å²) in [6, 6.07) is 7.88. The zero-order valence-corrected chi connectivity index (χ0v) is 12.3. The number of carbonyl (C=O) groups excluding carboxylic acids is 1. The Kier molecular flexibility index (Phi) is 4.84. The smallest absolute Gasteiger partial charge is 0.236 e. The maximum absolute atomic E-state index is 11.9. The van der Waals surface area contributed by atoms with Gasteiger partial charge in [-0.05, 0) is 12.1 Å². The number of para-hydroxylation sites is 2. The molecule has 0 saturated carbocycles. The molecular formula is C15H22N2O3. The van der Waals surface area contributed by atoms with E-state index in [4.69, 9.17) is 9.47 Å². The number of nitrogens with zero attached hydrogens (tertiary/aromatic N) is 1. The van der Waals surface area contributed by atoms with Crippen LogP contribution in [0.25, 0.3) is 0 Å². The van der Waals surface area contributed by atoms with E-state index in [2.05, 4.69) is 5.32 Å². The van der Waals surface area contributed by atoms with Crippen molar-refractivity contribution in [1.82, 2.24) is 10.2 Å². The van der Waals surface area contributed by atoms with Gasteiger partial charge in [0.25, 0.3) is 0 Å². The lowest BCUT2D eigenvalue weighted by molar-refractivity contribution is -0.130. The molecule has 1 aromatic carbocycles.